The smallest absolute Gasteiger partial charge is 0.323 e. The molecule has 0 spiro atoms. The highest BCUT2D eigenvalue weighted by atomic mass is 19.1. The molecule has 3 N–H and O–H groups in total. The lowest BCUT2D eigenvalue weighted by molar-refractivity contribution is -0.142. The van der Waals surface area contributed by atoms with E-state index in [9.17, 15) is 19.1 Å². The summed E-state index contributed by atoms with van der Waals surface area (Å²) in [6.07, 6.45) is 0.166. The minimum atomic E-state index is -0.959. The number of amides is 1. The lowest BCUT2D eigenvalue weighted by Crippen LogP contribution is -2.46. The summed E-state index contributed by atoms with van der Waals surface area (Å²) >= 11 is 0. The first kappa shape index (κ1) is 21.0. The van der Waals surface area contributed by atoms with E-state index in [0.717, 1.165) is 16.7 Å². The van der Waals surface area contributed by atoms with Gasteiger partial charge < -0.3 is 25.2 Å². The summed E-state index contributed by atoms with van der Waals surface area (Å²) in [6.45, 7) is 2.48. The molecule has 0 saturated heterocycles. The average molecular weight is 426 g/mol. The van der Waals surface area contributed by atoms with Gasteiger partial charge in [-0.3, -0.25) is 9.59 Å². The molecule has 2 aromatic carbocycles. The van der Waals surface area contributed by atoms with Crippen LogP contribution in [0.25, 0.3) is 11.3 Å². The van der Waals surface area contributed by atoms with Crippen LogP contribution >= 0.6 is 0 Å². The number of carboxylic acids is 1. The minimum Gasteiger partial charge on any atom is -0.487 e. The largest absolute Gasteiger partial charge is 0.487 e. The average Bonchev–Trinajstić information content (AvgIpc) is 3.29. The number of halogens is 1. The summed E-state index contributed by atoms with van der Waals surface area (Å²) in [5, 5.41) is 15.1. The molecular formula is C23H23FN2O5. The zero-order valence-corrected chi connectivity index (χ0v) is 17.2. The molecule has 0 radical (unpaired) electrons. The van der Waals surface area contributed by atoms with Crippen LogP contribution in [0.1, 0.15) is 29.2 Å². The molecule has 2 aliphatic heterocycles. The number of benzene rings is 2. The standard InChI is InChI=1S/C23H23FN2O5/c1-12(30-2)20(23(28)29)25-8-7-13-3-5-16-14(9-13)11-31-21(16)19-17-10-15(24)4-6-18(17)26-22(19)27/h3-6,9-10,12,20,25H,7-8,11H2,1-2H3,(H,26,27)(H,28,29)/t12-,20-/m1/s1. The van der Waals surface area contributed by atoms with Crippen LogP contribution in [0, 0.1) is 5.82 Å². The normalized spacial score (nSPS) is 18.7. The maximum Gasteiger partial charge on any atom is 0.323 e. The molecule has 2 atom stereocenters. The molecule has 2 heterocycles. The van der Waals surface area contributed by atoms with Gasteiger partial charge in [-0.15, -0.1) is 0 Å². The molecule has 2 aromatic rings. The highest BCUT2D eigenvalue weighted by Crippen LogP contribution is 2.41. The van der Waals surface area contributed by atoms with E-state index in [0.29, 0.717) is 42.2 Å². The Morgan fingerprint density at radius 1 is 1.29 bits per heavy atom. The van der Waals surface area contributed by atoms with Crippen molar-refractivity contribution in [3.8, 4) is 0 Å². The van der Waals surface area contributed by atoms with E-state index >= 15 is 0 Å². The Morgan fingerprint density at radius 2 is 2.10 bits per heavy atom. The molecular weight excluding hydrogens is 403 g/mol. The fourth-order valence-electron chi connectivity index (χ4n) is 3.91. The van der Waals surface area contributed by atoms with Crippen molar-refractivity contribution in [2.24, 2.45) is 0 Å². The van der Waals surface area contributed by atoms with Crippen LogP contribution < -0.4 is 10.6 Å². The summed E-state index contributed by atoms with van der Waals surface area (Å²) in [4.78, 5) is 23.9. The van der Waals surface area contributed by atoms with E-state index in [-0.39, 0.29) is 5.91 Å². The van der Waals surface area contributed by atoms with Gasteiger partial charge in [-0.25, -0.2) is 4.39 Å². The van der Waals surface area contributed by atoms with Crippen molar-refractivity contribution in [2.45, 2.75) is 32.1 Å². The number of carbonyl (C=O) groups is 2. The Bertz CT molecular complexity index is 1080. The third-order valence-electron chi connectivity index (χ3n) is 5.62. The van der Waals surface area contributed by atoms with Gasteiger partial charge in [0.05, 0.1) is 11.7 Å². The predicted octanol–water partition coefficient (Wildman–Crippen LogP) is 2.80. The molecule has 2 aliphatic rings. The first-order valence-corrected chi connectivity index (χ1v) is 9.98. The van der Waals surface area contributed by atoms with E-state index in [1.54, 1.807) is 6.92 Å². The molecule has 0 aromatic heterocycles. The van der Waals surface area contributed by atoms with E-state index in [1.165, 1.54) is 25.3 Å². The van der Waals surface area contributed by atoms with Gasteiger partial charge >= 0.3 is 5.97 Å². The van der Waals surface area contributed by atoms with Crippen molar-refractivity contribution in [3.63, 3.8) is 0 Å². The fraction of sp³-hybridized carbons (Fsp3) is 0.304. The monoisotopic (exact) mass is 426 g/mol. The van der Waals surface area contributed by atoms with Crippen LogP contribution in [0.5, 0.6) is 0 Å². The van der Waals surface area contributed by atoms with Crippen molar-refractivity contribution < 1.29 is 28.6 Å². The van der Waals surface area contributed by atoms with Crippen molar-refractivity contribution in [2.75, 3.05) is 19.0 Å². The second kappa shape index (κ2) is 8.49. The van der Waals surface area contributed by atoms with E-state index in [2.05, 4.69) is 10.6 Å². The summed E-state index contributed by atoms with van der Waals surface area (Å²) < 4.78 is 24.7. The van der Waals surface area contributed by atoms with E-state index in [4.69, 9.17) is 9.47 Å². The lowest BCUT2D eigenvalue weighted by atomic mass is 9.98. The van der Waals surface area contributed by atoms with Crippen LogP contribution in [0.15, 0.2) is 36.4 Å². The van der Waals surface area contributed by atoms with Crippen LogP contribution in [-0.2, 0) is 32.1 Å². The number of ether oxygens (including phenoxy) is 2. The first-order valence-electron chi connectivity index (χ1n) is 9.98. The molecule has 162 valence electrons. The van der Waals surface area contributed by atoms with Gasteiger partial charge in [0.25, 0.3) is 5.91 Å². The maximum absolute atomic E-state index is 13.7. The zero-order valence-electron chi connectivity index (χ0n) is 17.2. The molecule has 4 rings (SSSR count). The second-order valence-corrected chi connectivity index (χ2v) is 7.59. The molecule has 0 unspecified atom stereocenters. The molecule has 7 nitrogen and oxygen atoms in total. The van der Waals surface area contributed by atoms with Crippen molar-refractivity contribution in [3.05, 3.63) is 64.5 Å². The number of rotatable bonds is 7. The quantitative estimate of drug-likeness (QED) is 0.589. The lowest BCUT2D eigenvalue weighted by Gasteiger charge is -2.20. The number of hydrogen-bond acceptors (Lipinski definition) is 5. The Kier molecular flexibility index (Phi) is 5.75. The third-order valence-corrected chi connectivity index (χ3v) is 5.62. The maximum atomic E-state index is 13.7. The van der Waals surface area contributed by atoms with E-state index in [1.807, 2.05) is 18.2 Å². The first-order chi connectivity index (χ1) is 14.9. The summed E-state index contributed by atoms with van der Waals surface area (Å²) in [7, 11) is 1.48. The van der Waals surface area contributed by atoms with Crippen LogP contribution in [-0.4, -0.2) is 42.8 Å². The third kappa shape index (κ3) is 4.04. The SMILES string of the molecule is CO[C@H](C)[C@@H](NCCc1ccc2c(c1)COC2=C1C(=O)Nc2ccc(F)cc21)C(=O)O. The van der Waals surface area contributed by atoms with Gasteiger partial charge in [-0.2, -0.15) is 0 Å². The highest BCUT2D eigenvalue weighted by molar-refractivity contribution is 6.36. The number of hydrogen-bond donors (Lipinski definition) is 3. The van der Waals surface area contributed by atoms with Gasteiger partial charge in [0.1, 0.15) is 24.2 Å². The summed E-state index contributed by atoms with van der Waals surface area (Å²) in [5.74, 6) is -1.25. The topological polar surface area (TPSA) is 96.9 Å². The molecule has 0 fully saturated rings. The minimum absolute atomic E-state index is 0.311. The van der Waals surface area contributed by atoms with Crippen LogP contribution in [0.4, 0.5) is 10.1 Å². The van der Waals surface area contributed by atoms with Crippen LogP contribution in [0.2, 0.25) is 0 Å². The number of nitrogens with one attached hydrogen (secondary N) is 2. The number of aliphatic carboxylic acids is 1. The van der Waals surface area contributed by atoms with Crippen molar-refractivity contribution in [1.82, 2.24) is 5.32 Å². The number of fused-ring (bicyclic) bond motifs is 2. The zero-order chi connectivity index (χ0) is 22.1. The van der Waals surface area contributed by atoms with Gasteiger partial charge in [0, 0.05) is 36.0 Å². The van der Waals surface area contributed by atoms with Gasteiger partial charge in [-0.1, -0.05) is 18.2 Å². The number of anilines is 1. The molecule has 1 amide bonds. The van der Waals surface area contributed by atoms with Crippen molar-refractivity contribution >= 4 is 28.9 Å². The molecule has 0 saturated carbocycles. The second-order valence-electron chi connectivity index (χ2n) is 7.59. The van der Waals surface area contributed by atoms with Gasteiger partial charge in [-0.05, 0) is 37.1 Å². The number of methoxy groups -OCH3 is 1. The summed E-state index contributed by atoms with van der Waals surface area (Å²) in [6, 6.07) is 9.17. The molecule has 0 aliphatic carbocycles. The van der Waals surface area contributed by atoms with Crippen molar-refractivity contribution in [1.29, 1.82) is 0 Å². The Hall–Kier alpha value is -3.23. The summed E-state index contributed by atoms with van der Waals surface area (Å²) in [5.41, 5.74) is 4.13. The van der Waals surface area contributed by atoms with Gasteiger partial charge in [0.15, 0.2) is 0 Å². The number of carbonyl (C=O) groups excluding carboxylic acids is 1. The van der Waals surface area contributed by atoms with Crippen LogP contribution in [0.3, 0.4) is 0 Å². The Balaban J connectivity index is 1.53. The Morgan fingerprint density at radius 3 is 2.84 bits per heavy atom. The molecule has 8 heteroatoms. The predicted molar refractivity (Wildman–Crippen MR) is 113 cm³/mol. The fourth-order valence-corrected chi connectivity index (χ4v) is 3.91. The van der Waals surface area contributed by atoms with Gasteiger partial charge in [0.2, 0.25) is 0 Å². The molecule has 0 bridgehead atoms. The number of carboxylic acid groups (broad SMARTS) is 1. The highest BCUT2D eigenvalue weighted by Gasteiger charge is 2.33. The Labute approximate surface area is 178 Å². The molecule has 31 heavy (non-hydrogen) atoms. The van der Waals surface area contributed by atoms with E-state index < -0.39 is 23.9 Å².